The van der Waals surface area contributed by atoms with Gasteiger partial charge in [0.2, 0.25) is 0 Å². The molecule has 1 N–H and O–H groups in total. The van der Waals surface area contributed by atoms with Crippen molar-refractivity contribution in [2.24, 2.45) is 0 Å². The molecule has 0 bridgehead atoms. The van der Waals surface area contributed by atoms with Crippen LogP contribution in [0, 0.1) is 11.6 Å². The van der Waals surface area contributed by atoms with Gasteiger partial charge in [-0.3, -0.25) is 4.79 Å². The Labute approximate surface area is 119 Å². The lowest BCUT2D eigenvalue weighted by atomic mass is 10.2. The Bertz CT molecular complexity index is 399. The molecule has 0 aliphatic rings. The van der Waals surface area contributed by atoms with Gasteiger partial charge in [0.05, 0.1) is 0 Å². The summed E-state index contributed by atoms with van der Waals surface area (Å²) in [7, 11) is 0. The molecule has 2 nitrogen and oxygen atoms in total. The Morgan fingerprint density at radius 2 is 1.83 bits per heavy atom. The van der Waals surface area contributed by atoms with Crippen molar-refractivity contribution in [3.63, 3.8) is 0 Å². The number of unbranched alkanes of at least 4 members (excludes halogenated alkanes) is 3. The lowest BCUT2D eigenvalue weighted by Crippen LogP contribution is -2.24. The summed E-state index contributed by atoms with van der Waals surface area (Å²) >= 11 is 2.34. The van der Waals surface area contributed by atoms with Crippen LogP contribution in [0.1, 0.15) is 36.0 Å². The molecule has 0 unspecified atom stereocenters. The summed E-state index contributed by atoms with van der Waals surface area (Å²) in [6.45, 7) is 0.569. The second-order valence-electron chi connectivity index (χ2n) is 3.99. The van der Waals surface area contributed by atoms with Gasteiger partial charge in [-0.15, -0.1) is 0 Å². The van der Waals surface area contributed by atoms with Crippen molar-refractivity contribution < 1.29 is 13.6 Å². The van der Waals surface area contributed by atoms with Crippen molar-refractivity contribution in [3.8, 4) is 0 Å². The molecular formula is C13H16F2INO. The van der Waals surface area contributed by atoms with Crippen LogP contribution in [-0.4, -0.2) is 16.9 Å². The molecule has 0 radical (unpaired) electrons. The second-order valence-corrected chi connectivity index (χ2v) is 5.07. The average molecular weight is 367 g/mol. The average Bonchev–Trinajstić information content (AvgIpc) is 2.36. The third-order valence-corrected chi connectivity index (χ3v) is 3.29. The Balaban J connectivity index is 2.30. The number of rotatable bonds is 7. The molecule has 0 saturated heterocycles. The summed E-state index contributed by atoms with van der Waals surface area (Å²) in [5, 5.41) is 2.69. The SMILES string of the molecule is O=C(NCCCCCCI)c1ccc(F)c(F)c1. The van der Waals surface area contributed by atoms with Gasteiger partial charge in [-0.25, -0.2) is 8.78 Å². The number of halogens is 3. The summed E-state index contributed by atoms with van der Waals surface area (Å²) < 4.78 is 26.7. The van der Waals surface area contributed by atoms with E-state index in [1.54, 1.807) is 0 Å². The molecule has 1 amide bonds. The van der Waals surface area contributed by atoms with Crippen molar-refractivity contribution in [2.45, 2.75) is 25.7 Å². The molecule has 18 heavy (non-hydrogen) atoms. The maximum absolute atomic E-state index is 12.9. The highest BCUT2D eigenvalue weighted by Gasteiger charge is 2.08. The number of amides is 1. The first kappa shape index (κ1) is 15.3. The normalized spacial score (nSPS) is 10.4. The highest BCUT2D eigenvalue weighted by molar-refractivity contribution is 14.1. The number of carbonyl (C=O) groups excluding carboxylic acids is 1. The van der Waals surface area contributed by atoms with Gasteiger partial charge < -0.3 is 5.32 Å². The lowest BCUT2D eigenvalue weighted by Gasteiger charge is -2.05. The molecule has 0 aliphatic heterocycles. The zero-order valence-corrected chi connectivity index (χ0v) is 12.2. The monoisotopic (exact) mass is 367 g/mol. The molecule has 0 fully saturated rings. The molecule has 0 atom stereocenters. The van der Waals surface area contributed by atoms with E-state index in [4.69, 9.17) is 0 Å². The largest absolute Gasteiger partial charge is 0.352 e. The topological polar surface area (TPSA) is 29.1 Å². The van der Waals surface area contributed by atoms with E-state index in [2.05, 4.69) is 27.9 Å². The fraction of sp³-hybridized carbons (Fsp3) is 0.462. The number of benzene rings is 1. The number of hydrogen-bond acceptors (Lipinski definition) is 1. The predicted molar refractivity (Wildman–Crippen MR) is 76.0 cm³/mol. The van der Waals surface area contributed by atoms with Crippen molar-refractivity contribution in [1.29, 1.82) is 0 Å². The summed E-state index contributed by atoms with van der Waals surface area (Å²) in [6, 6.07) is 3.16. The number of hydrogen-bond donors (Lipinski definition) is 1. The van der Waals surface area contributed by atoms with E-state index < -0.39 is 11.6 Å². The van der Waals surface area contributed by atoms with Crippen LogP contribution in [0.25, 0.3) is 0 Å². The minimum absolute atomic E-state index is 0.154. The van der Waals surface area contributed by atoms with Crippen LogP contribution >= 0.6 is 22.6 Å². The molecule has 5 heteroatoms. The molecule has 100 valence electrons. The number of alkyl halides is 1. The fourth-order valence-electron chi connectivity index (χ4n) is 1.51. The lowest BCUT2D eigenvalue weighted by molar-refractivity contribution is 0.0952. The van der Waals surface area contributed by atoms with Gasteiger partial charge in [0.1, 0.15) is 0 Å². The van der Waals surface area contributed by atoms with Gasteiger partial charge in [-0.1, -0.05) is 35.4 Å². The van der Waals surface area contributed by atoms with E-state index in [-0.39, 0.29) is 11.5 Å². The first-order valence-electron chi connectivity index (χ1n) is 5.94. The van der Waals surface area contributed by atoms with Crippen LogP contribution in [0.3, 0.4) is 0 Å². The van der Waals surface area contributed by atoms with E-state index in [9.17, 15) is 13.6 Å². The minimum Gasteiger partial charge on any atom is -0.352 e. The van der Waals surface area contributed by atoms with Crippen LogP contribution in [-0.2, 0) is 0 Å². The molecular weight excluding hydrogens is 351 g/mol. The summed E-state index contributed by atoms with van der Waals surface area (Å²) in [6.07, 6.45) is 4.33. The molecule has 0 spiro atoms. The van der Waals surface area contributed by atoms with E-state index >= 15 is 0 Å². The molecule has 0 aromatic heterocycles. The van der Waals surface area contributed by atoms with Gasteiger partial charge in [-0.05, 0) is 35.5 Å². The standard InChI is InChI=1S/C13H16F2INO/c14-11-6-5-10(9-12(11)15)13(18)17-8-4-2-1-3-7-16/h5-6,9H,1-4,7-8H2,(H,17,18). The second kappa shape index (κ2) is 8.39. The van der Waals surface area contributed by atoms with Crippen molar-refractivity contribution in [2.75, 3.05) is 11.0 Å². The van der Waals surface area contributed by atoms with E-state index in [1.807, 2.05) is 0 Å². The fourth-order valence-corrected chi connectivity index (χ4v) is 2.05. The first-order valence-corrected chi connectivity index (χ1v) is 7.47. The van der Waals surface area contributed by atoms with E-state index in [1.165, 1.54) is 12.5 Å². The smallest absolute Gasteiger partial charge is 0.251 e. The Morgan fingerprint density at radius 1 is 1.11 bits per heavy atom. The highest BCUT2D eigenvalue weighted by atomic mass is 127. The number of nitrogens with one attached hydrogen (secondary N) is 1. The summed E-state index contributed by atoms with van der Waals surface area (Å²) in [5.74, 6) is -2.29. The highest BCUT2D eigenvalue weighted by Crippen LogP contribution is 2.08. The van der Waals surface area contributed by atoms with E-state index in [0.29, 0.717) is 6.54 Å². The van der Waals surface area contributed by atoms with Gasteiger partial charge in [0.25, 0.3) is 5.91 Å². The Kier molecular flexibility index (Phi) is 7.15. The molecule has 1 rings (SSSR count). The van der Waals surface area contributed by atoms with Crippen LogP contribution in [0.2, 0.25) is 0 Å². The quantitative estimate of drug-likeness (QED) is 0.445. The van der Waals surface area contributed by atoms with E-state index in [0.717, 1.165) is 35.8 Å². The minimum atomic E-state index is -0.996. The van der Waals surface area contributed by atoms with Crippen molar-refractivity contribution >= 4 is 28.5 Å². The molecule has 0 heterocycles. The Hall–Kier alpha value is -0.720. The summed E-state index contributed by atoms with van der Waals surface area (Å²) in [4.78, 5) is 11.6. The van der Waals surface area contributed by atoms with Crippen LogP contribution < -0.4 is 5.32 Å². The van der Waals surface area contributed by atoms with Crippen LogP contribution in [0.15, 0.2) is 18.2 Å². The zero-order valence-electron chi connectivity index (χ0n) is 10.0. The predicted octanol–water partition coefficient (Wildman–Crippen LogP) is 3.69. The van der Waals surface area contributed by atoms with Crippen LogP contribution in [0.4, 0.5) is 8.78 Å². The zero-order chi connectivity index (χ0) is 13.4. The van der Waals surface area contributed by atoms with Gasteiger partial charge in [0.15, 0.2) is 11.6 Å². The third-order valence-electron chi connectivity index (χ3n) is 2.53. The first-order chi connectivity index (χ1) is 8.65. The molecule has 0 aliphatic carbocycles. The third kappa shape index (κ3) is 5.29. The maximum Gasteiger partial charge on any atom is 0.251 e. The van der Waals surface area contributed by atoms with Gasteiger partial charge in [0, 0.05) is 12.1 Å². The van der Waals surface area contributed by atoms with Crippen molar-refractivity contribution in [3.05, 3.63) is 35.4 Å². The maximum atomic E-state index is 12.9. The van der Waals surface area contributed by atoms with Crippen LogP contribution in [0.5, 0.6) is 0 Å². The number of carbonyl (C=O) groups is 1. The molecule has 1 aromatic carbocycles. The van der Waals surface area contributed by atoms with Gasteiger partial charge >= 0.3 is 0 Å². The summed E-state index contributed by atoms with van der Waals surface area (Å²) in [5.41, 5.74) is 0.154. The molecule has 1 aromatic rings. The van der Waals surface area contributed by atoms with Gasteiger partial charge in [-0.2, -0.15) is 0 Å². The Morgan fingerprint density at radius 3 is 2.50 bits per heavy atom. The molecule has 0 saturated carbocycles. The van der Waals surface area contributed by atoms with Crippen molar-refractivity contribution in [1.82, 2.24) is 5.32 Å².